The Kier molecular flexibility index (Phi) is 4.79. The van der Waals surface area contributed by atoms with E-state index in [2.05, 4.69) is 6.07 Å². The van der Waals surface area contributed by atoms with Crippen LogP contribution in [0.2, 0.25) is 10.0 Å². The van der Waals surface area contributed by atoms with Crippen LogP contribution in [-0.2, 0) is 6.42 Å². The van der Waals surface area contributed by atoms with E-state index in [-0.39, 0.29) is 5.69 Å². The van der Waals surface area contributed by atoms with Gasteiger partial charge in [0.15, 0.2) is 0 Å². The Hall–Kier alpha value is -2.09. The van der Waals surface area contributed by atoms with Crippen molar-refractivity contribution >= 4 is 28.9 Å². The number of halogens is 2. The number of nitro benzene ring substituents is 1. The molecule has 0 amide bonds. The molecule has 1 unspecified atom stereocenters. The Bertz CT molecular complexity index is 688. The predicted octanol–water partition coefficient (Wildman–Crippen LogP) is 4.75. The molecule has 0 bridgehead atoms. The first-order valence-electron chi connectivity index (χ1n) is 6.09. The zero-order valence-corrected chi connectivity index (χ0v) is 12.3. The van der Waals surface area contributed by atoms with Crippen molar-refractivity contribution in [3.05, 3.63) is 73.8 Å². The molecule has 21 heavy (non-hydrogen) atoms. The summed E-state index contributed by atoms with van der Waals surface area (Å²) in [4.78, 5) is 10.2. The number of hydrogen-bond acceptors (Lipinski definition) is 3. The van der Waals surface area contributed by atoms with Crippen molar-refractivity contribution in [2.24, 2.45) is 0 Å². The molecule has 106 valence electrons. The van der Waals surface area contributed by atoms with Gasteiger partial charge in [-0.15, -0.1) is 0 Å². The smallest absolute Gasteiger partial charge is 0.258 e. The highest BCUT2D eigenvalue weighted by atomic mass is 35.5. The van der Waals surface area contributed by atoms with Crippen LogP contribution in [0.15, 0.2) is 42.5 Å². The van der Waals surface area contributed by atoms with Gasteiger partial charge in [-0.25, -0.2) is 0 Å². The van der Waals surface area contributed by atoms with Gasteiger partial charge in [0.25, 0.3) is 5.69 Å². The summed E-state index contributed by atoms with van der Waals surface area (Å²) < 4.78 is 0. The van der Waals surface area contributed by atoms with E-state index >= 15 is 0 Å². The third-order valence-electron chi connectivity index (χ3n) is 3.13. The van der Waals surface area contributed by atoms with E-state index in [9.17, 15) is 15.4 Å². The fourth-order valence-corrected chi connectivity index (χ4v) is 2.55. The van der Waals surface area contributed by atoms with Gasteiger partial charge in [-0.1, -0.05) is 41.4 Å². The fraction of sp³-hybridized carbons (Fsp3) is 0.133. The SMILES string of the molecule is N#CC(Cc1c(Cl)cccc1Cl)c1ccc([N+](=O)[O-])cc1. The summed E-state index contributed by atoms with van der Waals surface area (Å²) in [7, 11) is 0. The molecule has 2 rings (SSSR count). The molecule has 0 aromatic heterocycles. The van der Waals surface area contributed by atoms with Gasteiger partial charge in [0.05, 0.1) is 16.9 Å². The summed E-state index contributed by atoms with van der Waals surface area (Å²) in [5, 5.41) is 21.0. The van der Waals surface area contributed by atoms with Crippen molar-refractivity contribution in [1.29, 1.82) is 5.26 Å². The van der Waals surface area contributed by atoms with Crippen molar-refractivity contribution in [3.63, 3.8) is 0 Å². The molecule has 6 heteroatoms. The maximum absolute atomic E-state index is 10.6. The summed E-state index contributed by atoms with van der Waals surface area (Å²) in [6.07, 6.45) is 0.354. The summed E-state index contributed by atoms with van der Waals surface area (Å²) in [5.41, 5.74) is 1.39. The van der Waals surface area contributed by atoms with E-state index in [1.807, 2.05) is 0 Å². The monoisotopic (exact) mass is 320 g/mol. The average Bonchev–Trinajstić information content (AvgIpc) is 2.47. The highest BCUT2D eigenvalue weighted by Gasteiger charge is 2.16. The molecule has 0 aliphatic carbocycles. The summed E-state index contributed by atoms with van der Waals surface area (Å²) in [6, 6.07) is 13.3. The van der Waals surface area contributed by atoms with Crippen LogP contribution in [0.5, 0.6) is 0 Å². The molecule has 2 aromatic rings. The van der Waals surface area contributed by atoms with Crippen LogP contribution in [0.25, 0.3) is 0 Å². The van der Waals surface area contributed by atoms with E-state index in [0.717, 1.165) is 0 Å². The molecule has 2 aromatic carbocycles. The van der Waals surface area contributed by atoms with E-state index in [1.54, 1.807) is 30.3 Å². The number of hydrogen-bond donors (Lipinski definition) is 0. The Morgan fingerprint density at radius 1 is 1.14 bits per heavy atom. The van der Waals surface area contributed by atoms with Crippen LogP contribution in [-0.4, -0.2) is 4.92 Å². The summed E-state index contributed by atoms with van der Waals surface area (Å²) in [5.74, 6) is -0.469. The molecular formula is C15H10Cl2N2O2. The summed E-state index contributed by atoms with van der Waals surface area (Å²) >= 11 is 12.2. The minimum Gasteiger partial charge on any atom is -0.258 e. The minimum atomic E-state index is -0.476. The molecular weight excluding hydrogens is 311 g/mol. The quantitative estimate of drug-likeness (QED) is 0.603. The number of rotatable bonds is 4. The molecule has 0 heterocycles. The van der Waals surface area contributed by atoms with Gasteiger partial charge in [0.2, 0.25) is 0 Å². The highest BCUT2D eigenvalue weighted by molar-refractivity contribution is 6.36. The standard InChI is InChI=1S/C15H10Cl2N2O2/c16-14-2-1-3-15(17)13(14)8-11(9-18)10-4-6-12(7-5-10)19(20)21/h1-7,11H,8H2. The van der Waals surface area contributed by atoms with Gasteiger partial charge in [-0.05, 0) is 29.7 Å². The molecule has 1 atom stereocenters. The number of nitrogens with zero attached hydrogens (tertiary/aromatic N) is 2. The van der Waals surface area contributed by atoms with Crippen molar-refractivity contribution in [3.8, 4) is 6.07 Å². The average molecular weight is 321 g/mol. The zero-order chi connectivity index (χ0) is 15.4. The number of benzene rings is 2. The molecule has 0 spiro atoms. The lowest BCUT2D eigenvalue weighted by Crippen LogP contribution is -2.02. The van der Waals surface area contributed by atoms with E-state index in [1.165, 1.54) is 12.1 Å². The van der Waals surface area contributed by atoms with Gasteiger partial charge in [0, 0.05) is 22.2 Å². The van der Waals surface area contributed by atoms with E-state index in [0.29, 0.717) is 27.6 Å². The third kappa shape index (κ3) is 3.52. The Labute approximate surface area is 131 Å². The zero-order valence-electron chi connectivity index (χ0n) is 10.8. The van der Waals surface area contributed by atoms with Crippen molar-refractivity contribution < 1.29 is 4.92 Å². The first-order chi connectivity index (χ1) is 10.0. The van der Waals surface area contributed by atoms with Crippen molar-refractivity contribution in [1.82, 2.24) is 0 Å². The van der Waals surface area contributed by atoms with E-state index in [4.69, 9.17) is 23.2 Å². The molecule has 0 fully saturated rings. The minimum absolute atomic E-state index is 0.00813. The second-order valence-corrected chi connectivity index (χ2v) is 5.25. The molecule has 0 aliphatic heterocycles. The lowest BCUT2D eigenvalue weighted by atomic mass is 9.93. The Morgan fingerprint density at radius 2 is 1.71 bits per heavy atom. The fourth-order valence-electron chi connectivity index (χ4n) is 2.00. The van der Waals surface area contributed by atoms with Gasteiger partial charge in [-0.3, -0.25) is 10.1 Å². The molecule has 0 radical (unpaired) electrons. The van der Waals surface area contributed by atoms with Crippen LogP contribution in [0, 0.1) is 21.4 Å². The first kappa shape index (κ1) is 15.3. The molecule has 0 saturated heterocycles. The second-order valence-electron chi connectivity index (χ2n) is 4.43. The van der Waals surface area contributed by atoms with Gasteiger partial charge in [-0.2, -0.15) is 5.26 Å². The Balaban J connectivity index is 2.28. The van der Waals surface area contributed by atoms with Crippen LogP contribution in [0.4, 0.5) is 5.69 Å². The van der Waals surface area contributed by atoms with Crippen LogP contribution >= 0.6 is 23.2 Å². The lowest BCUT2D eigenvalue weighted by molar-refractivity contribution is -0.384. The maximum Gasteiger partial charge on any atom is 0.269 e. The van der Waals surface area contributed by atoms with Crippen LogP contribution < -0.4 is 0 Å². The molecule has 4 nitrogen and oxygen atoms in total. The molecule has 0 saturated carbocycles. The maximum atomic E-state index is 10.6. The van der Waals surface area contributed by atoms with Gasteiger partial charge >= 0.3 is 0 Å². The van der Waals surface area contributed by atoms with Crippen molar-refractivity contribution in [2.45, 2.75) is 12.3 Å². The second kappa shape index (κ2) is 6.57. The molecule has 0 N–H and O–H groups in total. The van der Waals surface area contributed by atoms with Gasteiger partial charge in [0.1, 0.15) is 0 Å². The van der Waals surface area contributed by atoms with Crippen LogP contribution in [0.1, 0.15) is 17.0 Å². The predicted molar refractivity (Wildman–Crippen MR) is 81.6 cm³/mol. The number of nitriles is 1. The van der Waals surface area contributed by atoms with E-state index < -0.39 is 10.8 Å². The van der Waals surface area contributed by atoms with Gasteiger partial charge < -0.3 is 0 Å². The lowest BCUT2D eigenvalue weighted by Gasteiger charge is -2.12. The van der Waals surface area contributed by atoms with Crippen LogP contribution in [0.3, 0.4) is 0 Å². The number of nitro groups is 1. The Morgan fingerprint density at radius 3 is 2.19 bits per heavy atom. The normalized spacial score (nSPS) is 11.7. The highest BCUT2D eigenvalue weighted by Crippen LogP contribution is 2.30. The molecule has 0 aliphatic rings. The first-order valence-corrected chi connectivity index (χ1v) is 6.85. The largest absolute Gasteiger partial charge is 0.269 e. The third-order valence-corrected chi connectivity index (χ3v) is 3.84. The topological polar surface area (TPSA) is 66.9 Å². The summed E-state index contributed by atoms with van der Waals surface area (Å²) in [6.45, 7) is 0. The van der Waals surface area contributed by atoms with Crippen molar-refractivity contribution in [2.75, 3.05) is 0 Å². The number of non-ortho nitro benzene ring substituents is 1.